The Hall–Kier alpha value is -2.08. The third-order valence-electron chi connectivity index (χ3n) is 2.66. The van der Waals surface area contributed by atoms with Gasteiger partial charge >= 0.3 is 0 Å². The van der Waals surface area contributed by atoms with Gasteiger partial charge in [0.1, 0.15) is 16.1 Å². The SMILES string of the molecule is COc1ccc(OC)c(C(=O)Nc2cccnc2Br)c1. The van der Waals surface area contributed by atoms with Crippen LogP contribution in [0.25, 0.3) is 0 Å². The standard InChI is InChI=1S/C14H13BrN2O3/c1-19-9-5-6-12(20-2)10(8-9)14(18)17-11-4-3-7-16-13(11)15/h3-8H,1-2H3,(H,17,18). The van der Waals surface area contributed by atoms with Gasteiger partial charge in [0.2, 0.25) is 0 Å². The molecular formula is C14H13BrN2O3. The number of nitrogens with zero attached hydrogens (tertiary/aromatic N) is 1. The van der Waals surface area contributed by atoms with Crippen LogP contribution in [0.3, 0.4) is 0 Å². The van der Waals surface area contributed by atoms with Crippen LogP contribution in [0.1, 0.15) is 10.4 Å². The summed E-state index contributed by atoms with van der Waals surface area (Å²) in [6.07, 6.45) is 1.63. The molecule has 5 nitrogen and oxygen atoms in total. The second kappa shape index (κ2) is 6.38. The minimum absolute atomic E-state index is 0.297. The third-order valence-corrected chi connectivity index (χ3v) is 3.29. The van der Waals surface area contributed by atoms with E-state index < -0.39 is 0 Å². The number of pyridine rings is 1. The molecule has 0 spiro atoms. The molecule has 1 amide bonds. The average Bonchev–Trinajstić information content (AvgIpc) is 2.48. The van der Waals surface area contributed by atoms with Crippen molar-refractivity contribution in [2.45, 2.75) is 0 Å². The van der Waals surface area contributed by atoms with Crippen LogP contribution >= 0.6 is 15.9 Å². The Morgan fingerprint density at radius 3 is 2.70 bits per heavy atom. The molecule has 0 saturated heterocycles. The van der Waals surface area contributed by atoms with Gasteiger partial charge in [-0.2, -0.15) is 0 Å². The number of carbonyl (C=O) groups is 1. The number of hydrogen-bond donors (Lipinski definition) is 1. The van der Waals surface area contributed by atoms with Crippen molar-refractivity contribution in [3.05, 3.63) is 46.7 Å². The fourth-order valence-electron chi connectivity index (χ4n) is 1.66. The molecule has 6 heteroatoms. The zero-order valence-electron chi connectivity index (χ0n) is 11.0. The van der Waals surface area contributed by atoms with Crippen LogP contribution in [-0.2, 0) is 0 Å². The highest BCUT2D eigenvalue weighted by molar-refractivity contribution is 9.10. The van der Waals surface area contributed by atoms with E-state index in [0.717, 1.165) is 0 Å². The molecule has 20 heavy (non-hydrogen) atoms. The van der Waals surface area contributed by atoms with E-state index in [1.807, 2.05) is 0 Å². The topological polar surface area (TPSA) is 60.5 Å². The van der Waals surface area contributed by atoms with Crippen molar-refractivity contribution in [2.75, 3.05) is 19.5 Å². The summed E-state index contributed by atoms with van der Waals surface area (Å²) in [5, 5.41) is 2.77. The maximum absolute atomic E-state index is 12.3. The summed E-state index contributed by atoms with van der Waals surface area (Å²) in [4.78, 5) is 16.4. The van der Waals surface area contributed by atoms with Gasteiger partial charge in [0, 0.05) is 6.20 Å². The van der Waals surface area contributed by atoms with Crippen LogP contribution in [0, 0.1) is 0 Å². The quantitative estimate of drug-likeness (QED) is 0.871. The van der Waals surface area contributed by atoms with Crippen molar-refractivity contribution in [2.24, 2.45) is 0 Å². The molecule has 1 aromatic carbocycles. The number of nitrogens with one attached hydrogen (secondary N) is 1. The van der Waals surface area contributed by atoms with E-state index >= 15 is 0 Å². The molecule has 2 aromatic rings. The Morgan fingerprint density at radius 2 is 2.05 bits per heavy atom. The zero-order valence-corrected chi connectivity index (χ0v) is 12.6. The average molecular weight is 337 g/mol. The number of benzene rings is 1. The number of ether oxygens (including phenoxy) is 2. The van der Waals surface area contributed by atoms with Gasteiger partial charge in [0.15, 0.2) is 0 Å². The third kappa shape index (κ3) is 3.08. The first kappa shape index (κ1) is 14.3. The normalized spacial score (nSPS) is 9.95. The number of anilines is 1. The van der Waals surface area contributed by atoms with Crippen LogP contribution in [0.15, 0.2) is 41.1 Å². The van der Waals surface area contributed by atoms with E-state index in [2.05, 4.69) is 26.2 Å². The monoisotopic (exact) mass is 336 g/mol. The van der Waals surface area contributed by atoms with Gasteiger partial charge in [-0.15, -0.1) is 0 Å². The highest BCUT2D eigenvalue weighted by atomic mass is 79.9. The lowest BCUT2D eigenvalue weighted by atomic mass is 10.1. The van der Waals surface area contributed by atoms with Gasteiger partial charge in [0.25, 0.3) is 5.91 Å². The summed E-state index contributed by atoms with van der Waals surface area (Å²) in [5.41, 5.74) is 0.977. The van der Waals surface area contributed by atoms with Crippen LogP contribution in [0.5, 0.6) is 11.5 Å². The first-order valence-electron chi connectivity index (χ1n) is 5.79. The van der Waals surface area contributed by atoms with Gasteiger partial charge in [0.05, 0.1) is 25.5 Å². The molecule has 104 valence electrons. The summed E-state index contributed by atoms with van der Waals surface area (Å²) < 4.78 is 10.9. The number of rotatable bonds is 4. The Balaban J connectivity index is 2.31. The lowest BCUT2D eigenvalue weighted by Gasteiger charge is -2.11. The molecule has 0 aliphatic rings. The lowest BCUT2D eigenvalue weighted by molar-refractivity contribution is 0.102. The molecule has 0 saturated carbocycles. The summed E-state index contributed by atoms with van der Waals surface area (Å²) >= 11 is 3.28. The van der Waals surface area contributed by atoms with Crippen molar-refractivity contribution in [1.29, 1.82) is 0 Å². The van der Waals surface area contributed by atoms with Crippen LogP contribution in [-0.4, -0.2) is 25.1 Å². The molecule has 2 rings (SSSR count). The largest absolute Gasteiger partial charge is 0.497 e. The molecule has 1 aromatic heterocycles. The highest BCUT2D eigenvalue weighted by Crippen LogP contribution is 2.26. The van der Waals surface area contributed by atoms with Crippen molar-refractivity contribution < 1.29 is 14.3 Å². The number of halogens is 1. The molecule has 0 atom stereocenters. The molecule has 0 unspecified atom stereocenters. The maximum Gasteiger partial charge on any atom is 0.259 e. The summed E-state index contributed by atoms with van der Waals surface area (Å²) in [6.45, 7) is 0. The smallest absolute Gasteiger partial charge is 0.259 e. The molecule has 0 radical (unpaired) electrons. The number of amides is 1. The van der Waals surface area contributed by atoms with E-state index in [0.29, 0.717) is 27.4 Å². The molecule has 0 aliphatic carbocycles. The molecule has 0 bridgehead atoms. The van der Waals surface area contributed by atoms with Crippen molar-refractivity contribution in [3.8, 4) is 11.5 Å². The Kier molecular flexibility index (Phi) is 4.57. The second-order valence-corrected chi connectivity index (χ2v) is 4.61. The van der Waals surface area contributed by atoms with Crippen molar-refractivity contribution in [1.82, 2.24) is 4.98 Å². The first-order chi connectivity index (χ1) is 9.65. The zero-order chi connectivity index (χ0) is 14.5. The number of carbonyl (C=O) groups excluding carboxylic acids is 1. The van der Waals surface area contributed by atoms with Crippen LogP contribution in [0.2, 0.25) is 0 Å². The summed E-state index contributed by atoms with van der Waals surface area (Å²) in [5.74, 6) is 0.763. The van der Waals surface area contributed by atoms with Gasteiger partial charge < -0.3 is 14.8 Å². The van der Waals surface area contributed by atoms with E-state index in [4.69, 9.17) is 9.47 Å². The molecule has 0 fully saturated rings. The Labute approximate surface area is 125 Å². The fraction of sp³-hybridized carbons (Fsp3) is 0.143. The maximum atomic E-state index is 12.3. The fourth-order valence-corrected chi connectivity index (χ4v) is 2.01. The van der Waals surface area contributed by atoms with E-state index in [9.17, 15) is 4.79 Å². The predicted molar refractivity (Wildman–Crippen MR) is 79.4 cm³/mol. The van der Waals surface area contributed by atoms with Crippen LogP contribution < -0.4 is 14.8 Å². The minimum atomic E-state index is -0.297. The van der Waals surface area contributed by atoms with E-state index in [-0.39, 0.29) is 5.91 Å². The minimum Gasteiger partial charge on any atom is -0.497 e. The van der Waals surface area contributed by atoms with Gasteiger partial charge in [-0.3, -0.25) is 4.79 Å². The molecule has 0 aliphatic heterocycles. The summed E-state index contributed by atoms with van der Waals surface area (Å²) in [6, 6.07) is 8.53. The molecular weight excluding hydrogens is 324 g/mol. The van der Waals surface area contributed by atoms with Gasteiger partial charge in [-0.1, -0.05) is 0 Å². The van der Waals surface area contributed by atoms with Crippen LogP contribution in [0.4, 0.5) is 5.69 Å². The van der Waals surface area contributed by atoms with Crippen molar-refractivity contribution >= 4 is 27.5 Å². The molecule has 1 N–H and O–H groups in total. The number of hydrogen-bond acceptors (Lipinski definition) is 4. The highest BCUT2D eigenvalue weighted by Gasteiger charge is 2.15. The predicted octanol–water partition coefficient (Wildman–Crippen LogP) is 3.11. The van der Waals surface area contributed by atoms with Crippen molar-refractivity contribution in [3.63, 3.8) is 0 Å². The first-order valence-corrected chi connectivity index (χ1v) is 6.59. The Bertz CT molecular complexity index is 632. The number of methoxy groups -OCH3 is 2. The van der Waals surface area contributed by atoms with Gasteiger partial charge in [-0.25, -0.2) is 4.98 Å². The second-order valence-electron chi connectivity index (χ2n) is 3.86. The summed E-state index contributed by atoms with van der Waals surface area (Å²) in [7, 11) is 3.06. The van der Waals surface area contributed by atoms with Gasteiger partial charge in [-0.05, 0) is 46.3 Å². The number of aromatic nitrogens is 1. The lowest BCUT2D eigenvalue weighted by Crippen LogP contribution is -2.14. The van der Waals surface area contributed by atoms with E-state index in [1.165, 1.54) is 7.11 Å². The van der Waals surface area contributed by atoms with E-state index in [1.54, 1.807) is 43.6 Å². The Morgan fingerprint density at radius 1 is 1.25 bits per heavy atom. The molecule has 1 heterocycles.